The number of anilines is 3. The van der Waals surface area contributed by atoms with Gasteiger partial charge in [-0.1, -0.05) is 35.3 Å². The summed E-state index contributed by atoms with van der Waals surface area (Å²) in [7, 11) is 0. The van der Waals surface area contributed by atoms with Crippen LogP contribution in [0.1, 0.15) is 5.56 Å². The lowest BCUT2D eigenvalue weighted by atomic mass is 10.1. The largest absolute Gasteiger partial charge is 0.398 e. The average Bonchev–Trinajstić information content (AvgIpc) is 2.52. The molecule has 4 N–H and O–H groups in total. The van der Waals surface area contributed by atoms with Gasteiger partial charge in [-0.15, -0.1) is 0 Å². The van der Waals surface area contributed by atoms with Crippen molar-refractivity contribution >= 4 is 57.1 Å². The van der Waals surface area contributed by atoms with Crippen LogP contribution in [0.3, 0.4) is 0 Å². The minimum absolute atomic E-state index is 0.438. The maximum Gasteiger partial charge on any atom is 0.323 e. The Morgan fingerprint density at radius 2 is 1.79 bits per heavy atom. The Hall–Kier alpha value is -2.43. The van der Waals surface area contributed by atoms with Crippen molar-refractivity contribution in [3.8, 4) is 0 Å². The van der Waals surface area contributed by atoms with Crippen molar-refractivity contribution in [1.29, 1.82) is 0 Å². The lowest BCUT2D eigenvalue weighted by Gasteiger charge is -2.23. The fourth-order valence-corrected chi connectivity index (χ4v) is 2.94. The molecule has 0 unspecified atom stereocenters. The van der Waals surface area contributed by atoms with Crippen LogP contribution in [0, 0.1) is 6.92 Å². The maximum absolute atomic E-state index is 12.2. The molecular formula is C18H15Cl2N3O. The van der Waals surface area contributed by atoms with Crippen LogP contribution in [0.5, 0.6) is 0 Å². The number of hydrogen-bond acceptors (Lipinski definition) is 2. The Morgan fingerprint density at radius 1 is 1.04 bits per heavy atom. The first kappa shape index (κ1) is 16.4. The molecule has 0 radical (unpaired) electrons. The summed E-state index contributed by atoms with van der Waals surface area (Å²) in [4.78, 5) is 13.6. The molecule has 0 heterocycles. The second kappa shape index (κ2) is 6.23. The number of primary amides is 1. The number of benzene rings is 3. The third-order valence-electron chi connectivity index (χ3n) is 3.84. The Labute approximate surface area is 149 Å². The molecule has 0 aromatic heterocycles. The van der Waals surface area contributed by atoms with Crippen molar-refractivity contribution < 1.29 is 4.79 Å². The van der Waals surface area contributed by atoms with E-state index in [1.54, 1.807) is 24.3 Å². The minimum Gasteiger partial charge on any atom is -0.398 e. The highest BCUT2D eigenvalue weighted by atomic mass is 35.5. The first-order chi connectivity index (χ1) is 11.4. The second-order valence-electron chi connectivity index (χ2n) is 5.48. The second-order valence-corrected chi connectivity index (χ2v) is 6.29. The molecule has 0 aliphatic rings. The van der Waals surface area contributed by atoms with Crippen molar-refractivity contribution in [1.82, 2.24) is 0 Å². The van der Waals surface area contributed by atoms with Gasteiger partial charge in [0.05, 0.1) is 22.1 Å². The van der Waals surface area contributed by atoms with E-state index in [9.17, 15) is 4.79 Å². The van der Waals surface area contributed by atoms with Gasteiger partial charge in [0, 0.05) is 10.4 Å². The fourth-order valence-electron chi connectivity index (χ4n) is 2.65. The SMILES string of the molecule is Cc1cc(N(C(N)=O)c2cccc3cc(Cl)c(N)cc23)ccc1Cl. The van der Waals surface area contributed by atoms with Gasteiger partial charge in [-0.3, -0.25) is 4.90 Å². The molecule has 6 heteroatoms. The Morgan fingerprint density at radius 3 is 2.46 bits per heavy atom. The van der Waals surface area contributed by atoms with E-state index in [1.165, 1.54) is 4.90 Å². The highest BCUT2D eigenvalue weighted by Crippen LogP contribution is 2.36. The van der Waals surface area contributed by atoms with Gasteiger partial charge in [0.15, 0.2) is 0 Å². The number of urea groups is 1. The van der Waals surface area contributed by atoms with E-state index in [1.807, 2.05) is 31.2 Å². The quantitative estimate of drug-likeness (QED) is 0.612. The number of nitrogens with two attached hydrogens (primary N) is 2. The van der Waals surface area contributed by atoms with E-state index < -0.39 is 6.03 Å². The molecule has 2 amide bonds. The van der Waals surface area contributed by atoms with Crippen LogP contribution < -0.4 is 16.4 Å². The van der Waals surface area contributed by atoms with Crippen LogP contribution in [-0.4, -0.2) is 6.03 Å². The first-order valence-corrected chi connectivity index (χ1v) is 7.97. The number of rotatable bonds is 2. The van der Waals surface area contributed by atoms with Gasteiger partial charge in [0.25, 0.3) is 0 Å². The minimum atomic E-state index is -0.599. The maximum atomic E-state index is 12.2. The van der Waals surface area contributed by atoms with Crippen LogP contribution in [0.15, 0.2) is 48.5 Å². The van der Waals surface area contributed by atoms with Gasteiger partial charge < -0.3 is 11.5 Å². The molecule has 3 aromatic carbocycles. The first-order valence-electron chi connectivity index (χ1n) is 7.22. The highest BCUT2D eigenvalue weighted by molar-refractivity contribution is 6.34. The summed E-state index contributed by atoms with van der Waals surface area (Å²) in [6.07, 6.45) is 0. The normalized spacial score (nSPS) is 10.8. The molecule has 0 saturated heterocycles. The van der Waals surface area contributed by atoms with Crippen LogP contribution in [0.4, 0.5) is 21.9 Å². The summed E-state index contributed by atoms with van der Waals surface area (Å²) in [6.45, 7) is 1.87. The Kier molecular flexibility index (Phi) is 4.26. The van der Waals surface area contributed by atoms with E-state index in [4.69, 9.17) is 34.7 Å². The number of nitrogens with zero attached hydrogens (tertiary/aromatic N) is 1. The van der Waals surface area contributed by atoms with Crippen LogP contribution in [0.25, 0.3) is 10.8 Å². The summed E-state index contributed by atoms with van der Waals surface area (Å²) in [6, 6.07) is 13.7. The van der Waals surface area contributed by atoms with E-state index in [0.717, 1.165) is 16.3 Å². The van der Waals surface area contributed by atoms with E-state index in [-0.39, 0.29) is 0 Å². The molecule has 0 bridgehead atoms. The zero-order valence-electron chi connectivity index (χ0n) is 12.9. The van der Waals surface area contributed by atoms with Crippen molar-refractivity contribution in [2.75, 3.05) is 10.6 Å². The van der Waals surface area contributed by atoms with Crippen LogP contribution in [-0.2, 0) is 0 Å². The van der Waals surface area contributed by atoms with Crippen LogP contribution >= 0.6 is 23.2 Å². The van der Waals surface area contributed by atoms with Gasteiger partial charge in [-0.05, 0) is 54.3 Å². The summed E-state index contributed by atoms with van der Waals surface area (Å²) < 4.78 is 0. The molecule has 0 fully saturated rings. The van der Waals surface area contributed by atoms with Gasteiger partial charge in [0.1, 0.15) is 0 Å². The van der Waals surface area contributed by atoms with Gasteiger partial charge in [-0.2, -0.15) is 0 Å². The summed E-state index contributed by atoms with van der Waals surface area (Å²) in [5.74, 6) is 0. The molecule has 0 saturated carbocycles. The van der Waals surface area contributed by atoms with Gasteiger partial charge >= 0.3 is 6.03 Å². The number of amides is 2. The zero-order chi connectivity index (χ0) is 17.4. The van der Waals surface area contributed by atoms with Crippen molar-refractivity contribution in [3.05, 3.63) is 64.1 Å². The fraction of sp³-hybridized carbons (Fsp3) is 0.0556. The summed E-state index contributed by atoms with van der Waals surface area (Å²) >= 11 is 12.2. The number of halogens is 2. The monoisotopic (exact) mass is 359 g/mol. The van der Waals surface area contributed by atoms with Crippen molar-refractivity contribution in [2.45, 2.75) is 6.92 Å². The third-order valence-corrected chi connectivity index (χ3v) is 4.59. The highest BCUT2D eigenvalue weighted by Gasteiger charge is 2.18. The molecule has 0 atom stereocenters. The lowest BCUT2D eigenvalue weighted by Crippen LogP contribution is -2.31. The number of hydrogen-bond donors (Lipinski definition) is 2. The zero-order valence-corrected chi connectivity index (χ0v) is 14.4. The molecule has 0 aliphatic carbocycles. The molecule has 3 rings (SSSR count). The van der Waals surface area contributed by atoms with E-state index in [0.29, 0.717) is 27.1 Å². The molecule has 4 nitrogen and oxygen atoms in total. The third kappa shape index (κ3) is 2.86. The molecular weight excluding hydrogens is 345 g/mol. The number of carbonyl (C=O) groups excluding carboxylic acids is 1. The number of nitrogen functional groups attached to an aromatic ring is 1. The van der Waals surface area contributed by atoms with Gasteiger partial charge in [0.2, 0.25) is 0 Å². The van der Waals surface area contributed by atoms with Crippen molar-refractivity contribution in [3.63, 3.8) is 0 Å². The molecule has 3 aromatic rings. The molecule has 0 spiro atoms. The van der Waals surface area contributed by atoms with Gasteiger partial charge in [-0.25, -0.2) is 4.79 Å². The van der Waals surface area contributed by atoms with Crippen molar-refractivity contribution in [2.24, 2.45) is 5.73 Å². The smallest absolute Gasteiger partial charge is 0.323 e. The molecule has 0 aliphatic heterocycles. The Bertz CT molecular complexity index is 956. The van der Waals surface area contributed by atoms with E-state index >= 15 is 0 Å². The van der Waals surface area contributed by atoms with E-state index in [2.05, 4.69) is 0 Å². The standard InChI is InChI=1S/C18H15Cl2N3O/c1-10-7-12(5-6-14(10)19)23(18(22)24)17-4-2-3-11-8-15(20)16(21)9-13(11)17/h2-9H,21H2,1H3,(H2,22,24). The summed E-state index contributed by atoms with van der Waals surface area (Å²) in [5, 5.41) is 2.74. The topological polar surface area (TPSA) is 72.3 Å². The Balaban J connectivity index is 2.26. The van der Waals surface area contributed by atoms with Crippen LogP contribution in [0.2, 0.25) is 10.0 Å². The average molecular weight is 360 g/mol. The summed E-state index contributed by atoms with van der Waals surface area (Å²) in [5.41, 5.74) is 14.1. The number of carbonyl (C=O) groups is 1. The molecule has 24 heavy (non-hydrogen) atoms. The lowest BCUT2D eigenvalue weighted by molar-refractivity contribution is 0.256. The number of aryl methyl sites for hydroxylation is 1. The number of fused-ring (bicyclic) bond motifs is 1. The molecule has 122 valence electrons. The predicted molar refractivity (Wildman–Crippen MR) is 101 cm³/mol. The predicted octanol–water partition coefficient (Wildman–Crippen LogP) is 5.25.